The zero-order valence-electron chi connectivity index (χ0n) is 9.92. The molecule has 1 aliphatic rings. The van der Waals surface area contributed by atoms with Crippen molar-refractivity contribution in [2.45, 2.75) is 39.2 Å². The Labute approximate surface area is 99.8 Å². The third-order valence-corrected chi connectivity index (χ3v) is 3.97. The van der Waals surface area contributed by atoms with Gasteiger partial charge >= 0.3 is 0 Å². The number of carbonyl (C=O) groups is 1. The fourth-order valence-electron chi connectivity index (χ4n) is 2.07. The molecule has 0 bridgehead atoms. The van der Waals surface area contributed by atoms with Crippen LogP contribution < -0.4 is 10.1 Å². The third-order valence-electron chi connectivity index (χ3n) is 2.70. The quantitative estimate of drug-likeness (QED) is 0.879. The van der Waals surface area contributed by atoms with Gasteiger partial charge in [-0.15, -0.1) is 11.3 Å². The van der Waals surface area contributed by atoms with E-state index in [1.165, 1.54) is 16.9 Å². The second-order valence-corrected chi connectivity index (χ2v) is 5.45. The van der Waals surface area contributed by atoms with E-state index in [4.69, 9.17) is 4.74 Å². The van der Waals surface area contributed by atoms with Crippen LogP contribution in [0.3, 0.4) is 0 Å². The Kier molecular flexibility index (Phi) is 3.19. The summed E-state index contributed by atoms with van der Waals surface area (Å²) >= 11 is 1.59. The Balaban J connectivity index is 2.31. The number of rotatable bonds is 3. The molecule has 3 nitrogen and oxygen atoms in total. The van der Waals surface area contributed by atoms with Gasteiger partial charge in [0.15, 0.2) is 0 Å². The fraction of sp³-hybridized carbons (Fsp3) is 0.583. The minimum Gasteiger partial charge on any atom is -0.495 e. The predicted molar refractivity (Wildman–Crippen MR) is 65.5 cm³/mol. The summed E-state index contributed by atoms with van der Waals surface area (Å²) in [6.07, 6.45) is 3.32. The molecule has 1 aromatic heterocycles. The van der Waals surface area contributed by atoms with E-state index in [0.717, 1.165) is 23.5 Å². The van der Waals surface area contributed by atoms with Crippen LogP contribution in [0.1, 0.15) is 40.4 Å². The van der Waals surface area contributed by atoms with Crippen molar-refractivity contribution in [2.75, 3.05) is 7.11 Å². The van der Waals surface area contributed by atoms with Gasteiger partial charge in [-0.2, -0.15) is 0 Å². The maximum atomic E-state index is 12.0. The summed E-state index contributed by atoms with van der Waals surface area (Å²) in [5.41, 5.74) is 1.25. The van der Waals surface area contributed by atoms with Crippen molar-refractivity contribution in [3.8, 4) is 5.75 Å². The second kappa shape index (κ2) is 4.45. The Bertz CT molecular complexity index is 409. The van der Waals surface area contributed by atoms with Crippen LogP contribution in [0.2, 0.25) is 0 Å². The fourth-order valence-corrected chi connectivity index (χ4v) is 3.33. The second-order valence-electron chi connectivity index (χ2n) is 4.35. The van der Waals surface area contributed by atoms with Crippen LogP contribution in [0.15, 0.2) is 0 Å². The highest BCUT2D eigenvalue weighted by Crippen LogP contribution is 2.40. The summed E-state index contributed by atoms with van der Waals surface area (Å²) in [7, 11) is 1.65. The standard InChI is InChI=1S/C12H17NO2S/c1-7(2)13-12(14)11-10(15-3)8-5-4-6-9(8)16-11/h7H,4-6H2,1-3H3,(H,13,14). The number of thiophene rings is 1. The van der Waals surface area contributed by atoms with Crippen LogP contribution >= 0.6 is 11.3 Å². The number of hydrogen-bond donors (Lipinski definition) is 1. The van der Waals surface area contributed by atoms with Gasteiger partial charge in [-0.1, -0.05) is 0 Å². The van der Waals surface area contributed by atoms with Gasteiger partial charge in [0.1, 0.15) is 10.6 Å². The lowest BCUT2D eigenvalue weighted by Crippen LogP contribution is -2.29. The van der Waals surface area contributed by atoms with E-state index in [9.17, 15) is 4.79 Å². The highest BCUT2D eigenvalue weighted by Gasteiger charge is 2.26. The van der Waals surface area contributed by atoms with Crippen molar-refractivity contribution < 1.29 is 9.53 Å². The van der Waals surface area contributed by atoms with Gasteiger partial charge in [-0.25, -0.2) is 0 Å². The molecule has 1 aliphatic carbocycles. The molecule has 0 atom stereocenters. The van der Waals surface area contributed by atoms with Crippen molar-refractivity contribution in [3.63, 3.8) is 0 Å². The van der Waals surface area contributed by atoms with Gasteiger partial charge in [0, 0.05) is 16.5 Å². The van der Waals surface area contributed by atoms with Gasteiger partial charge < -0.3 is 10.1 Å². The maximum absolute atomic E-state index is 12.0. The number of hydrogen-bond acceptors (Lipinski definition) is 3. The molecule has 4 heteroatoms. The van der Waals surface area contributed by atoms with Gasteiger partial charge in [0.25, 0.3) is 5.91 Å². The van der Waals surface area contributed by atoms with Gasteiger partial charge in [-0.05, 0) is 33.1 Å². The highest BCUT2D eigenvalue weighted by molar-refractivity contribution is 7.14. The summed E-state index contributed by atoms with van der Waals surface area (Å²) in [6, 6.07) is 0.161. The first kappa shape index (κ1) is 11.5. The molecule has 16 heavy (non-hydrogen) atoms. The van der Waals surface area contributed by atoms with Crippen molar-refractivity contribution in [1.29, 1.82) is 0 Å². The summed E-state index contributed by atoms with van der Waals surface area (Å²) in [5.74, 6) is 0.793. The van der Waals surface area contributed by atoms with Gasteiger partial charge in [-0.3, -0.25) is 4.79 Å². The molecule has 0 radical (unpaired) electrons. The van der Waals surface area contributed by atoms with Crippen LogP contribution in [0.25, 0.3) is 0 Å². The van der Waals surface area contributed by atoms with E-state index in [2.05, 4.69) is 5.32 Å². The van der Waals surface area contributed by atoms with E-state index in [1.54, 1.807) is 18.4 Å². The molecule has 1 amide bonds. The van der Waals surface area contributed by atoms with Crippen LogP contribution in [0.5, 0.6) is 5.75 Å². The molecular formula is C12H17NO2S. The Morgan fingerprint density at radius 1 is 1.44 bits per heavy atom. The third kappa shape index (κ3) is 1.94. The lowest BCUT2D eigenvalue weighted by atomic mass is 10.2. The van der Waals surface area contributed by atoms with E-state index in [-0.39, 0.29) is 11.9 Å². The monoisotopic (exact) mass is 239 g/mol. The summed E-state index contributed by atoms with van der Waals surface area (Å²) in [4.78, 5) is 14.0. The largest absolute Gasteiger partial charge is 0.495 e. The average molecular weight is 239 g/mol. The smallest absolute Gasteiger partial charge is 0.265 e. The normalized spacial score (nSPS) is 14.0. The summed E-state index contributed by atoms with van der Waals surface area (Å²) in [6.45, 7) is 3.93. The van der Waals surface area contributed by atoms with Crippen molar-refractivity contribution in [2.24, 2.45) is 0 Å². The molecule has 1 N–H and O–H groups in total. The Morgan fingerprint density at radius 3 is 2.81 bits per heavy atom. The molecule has 0 saturated heterocycles. The summed E-state index contributed by atoms with van der Waals surface area (Å²) < 4.78 is 5.38. The number of methoxy groups -OCH3 is 1. The van der Waals surface area contributed by atoms with Crippen LogP contribution in [0, 0.1) is 0 Å². The first-order chi connectivity index (χ1) is 7.63. The molecule has 0 aliphatic heterocycles. The van der Waals surface area contributed by atoms with E-state index in [1.807, 2.05) is 13.8 Å². The first-order valence-electron chi connectivity index (χ1n) is 5.63. The Morgan fingerprint density at radius 2 is 2.19 bits per heavy atom. The SMILES string of the molecule is COc1c(C(=O)NC(C)C)sc2c1CCC2. The highest BCUT2D eigenvalue weighted by atomic mass is 32.1. The topological polar surface area (TPSA) is 38.3 Å². The van der Waals surface area contributed by atoms with Crippen LogP contribution in [-0.2, 0) is 12.8 Å². The number of aryl methyl sites for hydroxylation is 1. The number of carbonyl (C=O) groups excluding carboxylic acids is 1. The molecule has 0 aromatic carbocycles. The van der Waals surface area contributed by atoms with E-state index < -0.39 is 0 Å². The lowest BCUT2D eigenvalue weighted by molar-refractivity contribution is 0.0944. The molecule has 2 rings (SSSR count). The minimum atomic E-state index is -0.00810. The molecule has 1 heterocycles. The number of fused-ring (bicyclic) bond motifs is 1. The Hall–Kier alpha value is -1.03. The first-order valence-corrected chi connectivity index (χ1v) is 6.44. The van der Waals surface area contributed by atoms with Crippen molar-refractivity contribution in [1.82, 2.24) is 5.32 Å². The van der Waals surface area contributed by atoms with Crippen molar-refractivity contribution in [3.05, 3.63) is 15.3 Å². The zero-order chi connectivity index (χ0) is 11.7. The van der Waals surface area contributed by atoms with Crippen LogP contribution in [-0.4, -0.2) is 19.1 Å². The van der Waals surface area contributed by atoms with Crippen LogP contribution in [0.4, 0.5) is 0 Å². The van der Waals surface area contributed by atoms with Gasteiger partial charge in [0.05, 0.1) is 7.11 Å². The zero-order valence-corrected chi connectivity index (χ0v) is 10.7. The predicted octanol–water partition coefficient (Wildman–Crippen LogP) is 2.38. The lowest BCUT2D eigenvalue weighted by Gasteiger charge is -2.08. The number of ether oxygens (including phenoxy) is 1. The number of nitrogens with one attached hydrogen (secondary N) is 1. The van der Waals surface area contributed by atoms with E-state index >= 15 is 0 Å². The molecule has 0 spiro atoms. The van der Waals surface area contributed by atoms with E-state index in [0.29, 0.717) is 0 Å². The summed E-state index contributed by atoms with van der Waals surface area (Å²) in [5, 5.41) is 2.91. The molecular weight excluding hydrogens is 222 g/mol. The minimum absolute atomic E-state index is 0.00810. The molecule has 88 valence electrons. The van der Waals surface area contributed by atoms with Gasteiger partial charge in [0.2, 0.25) is 0 Å². The number of amides is 1. The molecule has 1 aromatic rings. The molecule has 0 unspecified atom stereocenters. The molecule has 0 fully saturated rings. The molecule has 0 saturated carbocycles. The average Bonchev–Trinajstić information content (AvgIpc) is 2.74. The van der Waals surface area contributed by atoms with Crippen molar-refractivity contribution >= 4 is 17.2 Å². The maximum Gasteiger partial charge on any atom is 0.265 e.